The molecule has 3 aromatic rings. The van der Waals surface area contributed by atoms with Crippen molar-refractivity contribution in [1.82, 2.24) is 25.1 Å². The largest absolute Gasteiger partial charge is 0.335 e. The number of nitrogens with zero attached hydrogens (tertiary/aromatic N) is 5. The van der Waals surface area contributed by atoms with E-state index in [9.17, 15) is 4.79 Å². The van der Waals surface area contributed by atoms with Crippen LogP contribution < -0.4 is 0 Å². The number of aryl methyl sites for hydroxylation is 1. The molecule has 6 nitrogen and oxygen atoms in total. The molecule has 0 spiro atoms. The van der Waals surface area contributed by atoms with Crippen LogP contribution in [0.1, 0.15) is 24.0 Å². The Bertz CT molecular complexity index is 871. The molecule has 26 heavy (non-hydrogen) atoms. The normalized spacial score (nSPS) is 13.7. The minimum absolute atomic E-state index is 0.141. The van der Waals surface area contributed by atoms with E-state index < -0.39 is 0 Å². The summed E-state index contributed by atoms with van der Waals surface area (Å²) in [6.07, 6.45) is 2.20. The molecule has 1 saturated carbocycles. The average Bonchev–Trinajstić information content (AvgIpc) is 3.16. The molecule has 0 N–H and O–H groups in total. The van der Waals surface area contributed by atoms with E-state index in [1.54, 1.807) is 16.0 Å². The van der Waals surface area contributed by atoms with Crippen molar-refractivity contribution >= 4 is 29.0 Å². The summed E-state index contributed by atoms with van der Waals surface area (Å²) >= 11 is 3.05. The van der Waals surface area contributed by atoms with Crippen LogP contribution in [0.15, 0.2) is 46.2 Å². The number of amides is 1. The van der Waals surface area contributed by atoms with Crippen LogP contribution in [-0.4, -0.2) is 42.8 Å². The highest BCUT2D eigenvalue weighted by Gasteiger charge is 2.32. The SMILES string of the molecule is Cc1ccc(-n2nnnc2SCC(=O)N(Cc2ccsc2)C2CC2)cc1. The van der Waals surface area contributed by atoms with E-state index in [2.05, 4.69) is 32.4 Å². The van der Waals surface area contributed by atoms with Gasteiger partial charge in [-0.3, -0.25) is 4.79 Å². The summed E-state index contributed by atoms with van der Waals surface area (Å²) in [7, 11) is 0. The maximum atomic E-state index is 12.8. The number of carbonyl (C=O) groups excluding carboxylic acids is 1. The molecule has 0 saturated heterocycles. The van der Waals surface area contributed by atoms with Gasteiger partial charge in [0.15, 0.2) is 0 Å². The third kappa shape index (κ3) is 3.96. The van der Waals surface area contributed by atoms with E-state index in [0.29, 0.717) is 23.5 Å². The van der Waals surface area contributed by atoms with Gasteiger partial charge < -0.3 is 4.90 Å². The first-order valence-corrected chi connectivity index (χ1v) is 10.4. The highest BCUT2D eigenvalue weighted by atomic mass is 32.2. The number of thiophene rings is 1. The van der Waals surface area contributed by atoms with Crippen LogP contribution in [0.25, 0.3) is 5.69 Å². The van der Waals surface area contributed by atoms with Crippen LogP contribution in [0.3, 0.4) is 0 Å². The zero-order valence-electron chi connectivity index (χ0n) is 14.4. The van der Waals surface area contributed by atoms with Gasteiger partial charge in [-0.15, -0.1) is 5.10 Å². The molecule has 1 fully saturated rings. The molecule has 1 amide bonds. The van der Waals surface area contributed by atoms with E-state index in [4.69, 9.17) is 0 Å². The Morgan fingerprint density at radius 3 is 2.81 bits per heavy atom. The quantitative estimate of drug-likeness (QED) is 0.584. The summed E-state index contributed by atoms with van der Waals surface area (Å²) in [5.41, 5.74) is 3.28. The van der Waals surface area contributed by atoms with Crippen molar-refractivity contribution in [2.75, 3.05) is 5.75 Å². The molecule has 0 atom stereocenters. The number of benzene rings is 1. The number of hydrogen-bond donors (Lipinski definition) is 0. The van der Waals surface area contributed by atoms with Crippen LogP contribution in [0.4, 0.5) is 0 Å². The van der Waals surface area contributed by atoms with Gasteiger partial charge in [0, 0.05) is 12.6 Å². The van der Waals surface area contributed by atoms with E-state index in [-0.39, 0.29) is 5.91 Å². The van der Waals surface area contributed by atoms with Crippen molar-refractivity contribution < 1.29 is 4.79 Å². The molecule has 2 heterocycles. The lowest BCUT2D eigenvalue weighted by molar-refractivity contribution is -0.129. The van der Waals surface area contributed by atoms with Crippen molar-refractivity contribution in [3.8, 4) is 5.69 Å². The van der Waals surface area contributed by atoms with Gasteiger partial charge in [-0.25, -0.2) is 0 Å². The van der Waals surface area contributed by atoms with Gasteiger partial charge in [0.1, 0.15) is 0 Å². The van der Waals surface area contributed by atoms with E-state index in [1.165, 1.54) is 22.9 Å². The lowest BCUT2D eigenvalue weighted by Gasteiger charge is -2.21. The van der Waals surface area contributed by atoms with Gasteiger partial charge in [0.2, 0.25) is 11.1 Å². The topological polar surface area (TPSA) is 63.9 Å². The van der Waals surface area contributed by atoms with Crippen molar-refractivity contribution in [2.45, 2.75) is 37.5 Å². The first-order valence-electron chi connectivity index (χ1n) is 8.49. The first kappa shape index (κ1) is 17.2. The van der Waals surface area contributed by atoms with Gasteiger partial charge in [-0.05, 0) is 64.7 Å². The Morgan fingerprint density at radius 2 is 2.12 bits per heavy atom. The Labute approximate surface area is 160 Å². The number of thioether (sulfide) groups is 1. The zero-order valence-corrected chi connectivity index (χ0v) is 16.0. The molecular weight excluding hydrogens is 366 g/mol. The zero-order chi connectivity index (χ0) is 17.9. The Kier molecular flexibility index (Phi) is 5.03. The second-order valence-corrected chi connectivity index (χ2v) is 8.10. The molecule has 4 rings (SSSR count). The fourth-order valence-electron chi connectivity index (χ4n) is 2.71. The average molecular weight is 386 g/mol. The number of rotatable bonds is 7. The molecule has 1 aliphatic carbocycles. The molecular formula is C18H19N5OS2. The minimum Gasteiger partial charge on any atom is -0.335 e. The van der Waals surface area contributed by atoms with Crippen LogP contribution in [-0.2, 0) is 11.3 Å². The monoisotopic (exact) mass is 385 g/mol. The number of carbonyl (C=O) groups is 1. The van der Waals surface area contributed by atoms with Gasteiger partial charge >= 0.3 is 0 Å². The smallest absolute Gasteiger partial charge is 0.233 e. The van der Waals surface area contributed by atoms with Crippen molar-refractivity contribution in [3.05, 3.63) is 52.2 Å². The fraction of sp³-hybridized carbons (Fsp3) is 0.333. The number of hydrogen-bond acceptors (Lipinski definition) is 6. The fourth-order valence-corrected chi connectivity index (χ4v) is 4.15. The second kappa shape index (κ2) is 7.59. The summed E-state index contributed by atoms with van der Waals surface area (Å²) in [4.78, 5) is 14.8. The number of tetrazole rings is 1. The lowest BCUT2D eigenvalue weighted by atomic mass is 10.2. The maximum absolute atomic E-state index is 12.8. The second-order valence-electron chi connectivity index (χ2n) is 6.38. The predicted molar refractivity (Wildman–Crippen MR) is 103 cm³/mol. The van der Waals surface area contributed by atoms with Crippen LogP contribution >= 0.6 is 23.1 Å². The van der Waals surface area contributed by atoms with Crippen molar-refractivity contribution in [2.24, 2.45) is 0 Å². The molecule has 0 unspecified atom stereocenters. The highest BCUT2D eigenvalue weighted by Crippen LogP contribution is 2.30. The molecule has 0 bridgehead atoms. The first-order chi connectivity index (χ1) is 12.7. The maximum Gasteiger partial charge on any atom is 0.233 e. The van der Waals surface area contributed by atoms with E-state index in [0.717, 1.165) is 18.5 Å². The highest BCUT2D eigenvalue weighted by molar-refractivity contribution is 7.99. The van der Waals surface area contributed by atoms with Gasteiger partial charge in [0.05, 0.1) is 11.4 Å². The summed E-state index contributed by atoms with van der Waals surface area (Å²) in [6.45, 7) is 2.73. The van der Waals surface area contributed by atoms with Gasteiger partial charge in [0.25, 0.3) is 0 Å². The van der Waals surface area contributed by atoms with Crippen LogP contribution in [0.5, 0.6) is 0 Å². The van der Waals surface area contributed by atoms with Gasteiger partial charge in [-0.2, -0.15) is 16.0 Å². The molecule has 0 radical (unpaired) electrons. The Balaban J connectivity index is 1.43. The standard InChI is InChI=1S/C18H19N5OS2/c1-13-2-4-16(5-3-13)23-18(19-20-21-23)26-12-17(24)22(15-6-7-15)10-14-8-9-25-11-14/h2-5,8-9,11,15H,6-7,10,12H2,1H3. The van der Waals surface area contributed by atoms with Crippen molar-refractivity contribution in [3.63, 3.8) is 0 Å². The Hall–Kier alpha value is -2.19. The molecule has 8 heteroatoms. The lowest BCUT2D eigenvalue weighted by Crippen LogP contribution is -2.33. The molecule has 1 aromatic carbocycles. The van der Waals surface area contributed by atoms with Crippen LogP contribution in [0, 0.1) is 6.92 Å². The van der Waals surface area contributed by atoms with E-state index in [1.807, 2.05) is 36.1 Å². The summed E-state index contributed by atoms with van der Waals surface area (Å²) in [5.74, 6) is 0.481. The van der Waals surface area contributed by atoms with Crippen LogP contribution in [0.2, 0.25) is 0 Å². The van der Waals surface area contributed by atoms with E-state index >= 15 is 0 Å². The molecule has 2 aromatic heterocycles. The molecule has 1 aliphatic rings. The van der Waals surface area contributed by atoms with Gasteiger partial charge in [-0.1, -0.05) is 29.5 Å². The summed E-state index contributed by atoms with van der Waals surface area (Å²) in [5, 5.41) is 16.7. The summed E-state index contributed by atoms with van der Waals surface area (Å²) in [6, 6.07) is 10.5. The molecule has 134 valence electrons. The third-order valence-electron chi connectivity index (χ3n) is 4.29. The predicted octanol–water partition coefficient (Wildman–Crippen LogP) is 3.32. The Morgan fingerprint density at radius 1 is 1.31 bits per heavy atom. The van der Waals surface area contributed by atoms with Crippen molar-refractivity contribution in [1.29, 1.82) is 0 Å². The third-order valence-corrected chi connectivity index (χ3v) is 5.92. The molecule has 0 aliphatic heterocycles. The summed E-state index contributed by atoms with van der Waals surface area (Å²) < 4.78 is 1.68. The number of aromatic nitrogens is 4. The minimum atomic E-state index is 0.141.